The highest BCUT2D eigenvalue weighted by Crippen LogP contribution is 2.51. The van der Waals surface area contributed by atoms with E-state index in [1.807, 2.05) is 19.1 Å². The molecule has 3 atom stereocenters. The van der Waals surface area contributed by atoms with Gasteiger partial charge in [-0.1, -0.05) is 75.3 Å². The lowest BCUT2D eigenvalue weighted by Gasteiger charge is -2.42. The number of hydrogen-bond acceptors (Lipinski definition) is 0. The second kappa shape index (κ2) is 8.61. The fourth-order valence-electron chi connectivity index (χ4n) is 3.83. The zero-order valence-corrected chi connectivity index (χ0v) is 14.5. The Morgan fingerprint density at radius 2 is 1.87 bits per heavy atom. The fourth-order valence-corrected chi connectivity index (χ4v) is 3.83. The second-order valence-electron chi connectivity index (χ2n) is 7.01. The normalized spacial score (nSPS) is 30.3. The fraction of sp³-hybridized carbons (Fsp3) is 0.619. The average molecular weight is 320 g/mol. The largest absolute Gasteiger partial charge is 0.242 e. The van der Waals surface area contributed by atoms with Crippen molar-refractivity contribution in [2.45, 2.75) is 71.4 Å². The van der Waals surface area contributed by atoms with Crippen LogP contribution in [0.5, 0.6) is 0 Å². The molecule has 2 aliphatic rings. The molecule has 0 spiro atoms. The third kappa shape index (κ3) is 4.22. The maximum absolute atomic E-state index is 14.8. The lowest BCUT2D eigenvalue weighted by molar-refractivity contribution is 0.0861. The van der Waals surface area contributed by atoms with E-state index in [0.29, 0.717) is 6.42 Å². The van der Waals surface area contributed by atoms with Crippen molar-refractivity contribution in [2.75, 3.05) is 0 Å². The van der Waals surface area contributed by atoms with E-state index in [0.717, 1.165) is 19.3 Å². The minimum atomic E-state index is -1.23. The number of hydrogen-bond donors (Lipinski definition) is 0. The summed E-state index contributed by atoms with van der Waals surface area (Å²) < 4.78 is 29.6. The van der Waals surface area contributed by atoms with Gasteiger partial charge in [-0.2, -0.15) is 0 Å². The first-order chi connectivity index (χ1) is 11.1. The Hall–Kier alpha value is -1.18. The van der Waals surface area contributed by atoms with Gasteiger partial charge in [0, 0.05) is 0 Å². The molecule has 2 aliphatic carbocycles. The van der Waals surface area contributed by atoms with Crippen LogP contribution in [-0.4, -0.2) is 6.17 Å². The van der Waals surface area contributed by atoms with Gasteiger partial charge in [0.2, 0.25) is 0 Å². The van der Waals surface area contributed by atoms with Gasteiger partial charge in [0.05, 0.1) is 5.41 Å². The third-order valence-electron chi connectivity index (χ3n) is 5.35. The molecule has 0 aliphatic heterocycles. The molecule has 0 bridgehead atoms. The van der Waals surface area contributed by atoms with Gasteiger partial charge in [0.15, 0.2) is 0 Å². The zero-order chi connectivity index (χ0) is 16.7. The Kier molecular flexibility index (Phi) is 6.80. The zero-order valence-electron chi connectivity index (χ0n) is 14.5. The SMILES string of the molecule is CCCCCCCCC1(C2C=CC(C)=CC2)C(F)=CC=CC1F. The van der Waals surface area contributed by atoms with Crippen molar-refractivity contribution >= 4 is 0 Å². The summed E-state index contributed by atoms with van der Waals surface area (Å²) in [6, 6.07) is 0. The van der Waals surface area contributed by atoms with Crippen LogP contribution < -0.4 is 0 Å². The highest BCUT2D eigenvalue weighted by Gasteiger charge is 2.48. The summed E-state index contributed by atoms with van der Waals surface area (Å²) in [6.45, 7) is 4.23. The average Bonchev–Trinajstić information content (AvgIpc) is 2.54. The van der Waals surface area contributed by atoms with Crippen molar-refractivity contribution in [3.63, 3.8) is 0 Å². The highest BCUT2D eigenvalue weighted by molar-refractivity contribution is 5.32. The van der Waals surface area contributed by atoms with Crippen molar-refractivity contribution < 1.29 is 8.78 Å². The molecule has 23 heavy (non-hydrogen) atoms. The molecule has 0 aromatic carbocycles. The van der Waals surface area contributed by atoms with Crippen LogP contribution in [0.15, 0.2) is 47.9 Å². The van der Waals surface area contributed by atoms with Gasteiger partial charge in [-0.25, -0.2) is 8.78 Å². The van der Waals surface area contributed by atoms with Crippen molar-refractivity contribution in [3.05, 3.63) is 47.9 Å². The number of alkyl halides is 1. The summed E-state index contributed by atoms with van der Waals surface area (Å²) >= 11 is 0. The standard InChI is InChI=1S/C21H30F2/c1-3-4-5-6-7-8-16-21(18-14-12-17(2)13-15-18)19(22)10-9-11-20(21)23/h9-14,18-19H,3-8,15-16H2,1-2H3. The van der Waals surface area contributed by atoms with E-state index < -0.39 is 11.6 Å². The van der Waals surface area contributed by atoms with Crippen LogP contribution in [0.1, 0.15) is 65.2 Å². The Bertz CT molecular complexity index is 498. The van der Waals surface area contributed by atoms with Crippen LogP contribution in [0.2, 0.25) is 0 Å². The minimum Gasteiger partial charge on any atom is -0.242 e. The molecule has 3 unspecified atom stereocenters. The lowest BCUT2D eigenvalue weighted by Crippen LogP contribution is -2.40. The molecule has 0 N–H and O–H groups in total. The summed E-state index contributed by atoms with van der Waals surface area (Å²) in [5.74, 6) is -0.360. The molecule has 0 heterocycles. The first-order valence-electron chi connectivity index (χ1n) is 9.14. The van der Waals surface area contributed by atoms with Gasteiger partial charge >= 0.3 is 0 Å². The van der Waals surface area contributed by atoms with Crippen molar-refractivity contribution in [1.29, 1.82) is 0 Å². The lowest BCUT2D eigenvalue weighted by atomic mass is 9.64. The van der Waals surface area contributed by atoms with Crippen molar-refractivity contribution in [3.8, 4) is 0 Å². The molecule has 0 amide bonds. The number of halogens is 2. The van der Waals surface area contributed by atoms with Gasteiger partial charge in [-0.15, -0.1) is 0 Å². The van der Waals surface area contributed by atoms with Gasteiger partial charge in [-0.3, -0.25) is 0 Å². The smallest absolute Gasteiger partial charge is 0.131 e. The Morgan fingerprint density at radius 1 is 1.13 bits per heavy atom. The molecule has 0 aromatic heterocycles. The minimum absolute atomic E-state index is 0.0851. The third-order valence-corrected chi connectivity index (χ3v) is 5.35. The predicted octanol–water partition coefficient (Wildman–Crippen LogP) is 7.01. The Labute approximate surface area is 140 Å². The molecule has 128 valence electrons. The van der Waals surface area contributed by atoms with Crippen LogP contribution >= 0.6 is 0 Å². The summed E-state index contributed by atoms with van der Waals surface area (Å²) in [5.41, 5.74) is 0.190. The summed E-state index contributed by atoms with van der Waals surface area (Å²) in [7, 11) is 0. The van der Waals surface area contributed by atoms with Gasteiger partial charge in [0.25, 0.3) is 0 Å². The summed E-state index contributed by atoms with van der Waals surface area (Å²) in [5, 5.41) is 0. The van der Waals surface area contributed by atoms with Gasteiger partial charge in [-0.05, 0) is 37.8 Å². The summed E-state index contributed by atoms with van der Waals surface area (Å²) in [4.78, 5) is 0. The second-order valence-corrected chi connectivity index (χ2v) is 7.01. The van der Waals surface area contributed by atoms with E-state index in [2.05, 4.69) is 13.0 Å². The first kappa shape index (κ1) is 18.2. The van der Waals surface area contributed by atoms with Gasteiger partial charge < -0.3 is 0 Å². The number of rotatable bonds is 8. The van der Waals surface area contributed by atoms with Crippen molar-refractivity contribution in [1.82, 2.24) is 0 Å². The molecule has 0 saturated heterocycles. The van der Waals surface area contributed by atoms with E-state index in [9.17, 15) is 8.78 Å². The number of allylic oxidation sites excluding steroid dienone is 8. The molecule has 2 rings (SSSR count). The first-order valence-corrected chi connectivity index (χ1v) is 9.14. The molecule has 0 saturated carbocycles. The van der Waals surface area contributed by atoms with Gasteiger partial charge in [0.1, 0.15) is 12.0 Å². The molecule has 0 aromatic rings. The van der Waals surface area contributed by atoms with E-state index in [1.54, 1.807) is 0 Å². The molecular weight excluding hydrogens is 290 g/mol. The van der Waals surface area contributed by atoms with Crippen LogP contribution in [0.3, 0.4) is 0 Å². The molecule has 0 nitrogen and oxygen atoms in total. The van der Waals surface area contributed by atoms with Crippen molar-refractivity contribution in [2.24, 2.45) is 11.3 Å². The molecular formula is C21H30F2. The monoisotopic (exact) mass is 320 g/mol. The Morgan fingerprint density at radius 3 is 2.52 bits per heavy atom. The molecule has 2 heteroatoms. The maximum atomic E-state index is 14.8. The van der Waals surface area contributed by atoms with Crippen LogP contribution in [-0.2, 0) is 0 Å². The van der Waals surface area contributed by atoms with E-state index in [1.165, 1.54) is 49.5 Å². The molecule has 0 radical (unpaired) electrons. The molecule has 0 fully saturated rings. The van der Waals surface area contributed by atoms with Crippen LogP contribution in [0, 0.1) is 11.3 Å². The van der Waals surface area contributed by atoms with E-state index >= 15 is 0 Å². The Balaban J connectivity index is 2.06. The van der Waals surface area contributed by atoms with Crippen LogP contribution in [0.25, 0.3) is 0 Å². The highest BCUT2D eigenvalue weighted by atomic mass is 19.1. The quantitative estimate of drug-likeness (QED) is 0.422. The van der Waals surface area contributed by atoms with E-state index in [4.69, 9.17) is 0 Å². The maximum Gasteiger partial charge on any atom is 0.131 e. The summed E-state index contributed by atoms with van der Waals surface area (Å²) in [6.07, 6.45) is 17.6. The number of unbranched alkanes of at least 4 members (excludes halogenated alkanes) is 5. The van der Waals surface area contributed by atoms with Crippen LogP contribution in [0.4, 0.5) is 8.78 Å². The topological polar surface area (TPSA) is 0 Å². The van der Waals surface area contributed by atoms with E-state index in [-0.39, 0.29) is 11.7 Å². The predicted molar refractivity (Wildman–Crippen MR) is 94.7 cm³/mol.